The van der Waals surface area contributed by atoms with Gasteiger partial charge in [0.15, 0.2) is 8.32 Å². The highest BCUT2D eigenvalue weighted by molar-refractivity contribution is 7.92. The number of carbonyl (C=O) groups excluding carboxylic acids is 1. The van der Waals surface area contributed by atoms with Crippen molar-refractivity contribution >= 4 is 40.8 Å². The van der Waals surface area contributed by atoms with Crippen molar-refractivity contribution in [1.82, 2.24) is 15.2 Å². The molecule has 3 N–H and O–H groups in total. The SMILES string of the molecule is CCN(CC)C(=O)c1ccc2c(C[C@@H](C)NC[C@H](O[Si](CC)(CC)CC)c3ccc(OCc4ccccc4)c(NS(C)(=O)=O)c3)c[nH]c2c1. The molecule has 0 fully saturated rings. The first-order valence-electron chi connectivity index (χ1n) is 17.5. The van der Waals surface area contributed by atoms with Gasteiger partial charge in [-0.1, -0.05) is 63.2 Å². The largest absolute Gasteiger partial charge is 0.487 e. The van der Waals surface area contributed by atoms with E-state index in [0.717, 1.165) is 52.8 Å². The van der Waals surface area contributed by atoms with Gasteiger partial charge in [-0.25, -0.2) is 8.42 Å². The number of nitrogens with zero attached hydrogens (tertiary/aromatic N) is 1. The fourth-order valence-corrected chi connectivity index (χ4v) is 9.69. The Morgan fingerprint density at radius 1 is 0.939 bits per heavy atom. The van der Waals surface area contributed by atoms with Crippen LogP contribution in [0.4, 0.5) is 5.69 Å². The van der Waals surface area contributed by atoms with Gasteiger partial charge in [0.25, 0.3) is 5.91 Å². The van der Waals surface area contributed by atoms with Crippen molar-refractivity contribution in [2.75, 3.05) is 30.6 Å². The number of amides is 1. The number of rotatable bonds is 19. The van der Waals surface area contributed by atoms with Gasteiger partial charge in [-0.3, -0.25) is 9.52 Å². The minimum absolute atomic E-state index is 0.0423. The van der Waals surface area contributed by atoms with Gasteiger partial charge < -0.3 is 24.4 Å². The molecule has 0 bridgehead atoms. The number of hydrogen-bond donors (Lipinski definition) is 3. The lowest BCUT2D eigenvalue weighted by Gasteiger charge is -2.34. The zero-order valence-electron chi connectivity index (χ0n) is 30.1. The average Bonchev–Trinajstić information content (AvgIpc) is 3.50. The van der Waals surface area contributed by atoms with E-state index >= 15 is 0 Å². The fourth-order valence-electron chi connectivity index (χ4n) is 6.31. The Kier molecular flexibility index (Phi) is 13.5. The molecule has 1 heterocycles. The first kappa shape index (κ1) is 38.2. The van der Waals surface area contributed by atoms with E-state index in [1.54, 1.807) is 0 Å². The van der Waals surface area contributed by atoms with Crippen molar-refractivity contribution < 1.29 is 22.4 Å². The molecule has 0 unspecified atom stereocenters. The van der Waals surface area contributed by atoms with E-state index in [1.807, 2.05) is 91.7 Å². The van der Waals surface area contributed by atoms with Crippen LogP contribution in [0.15, 0.2) is 72.9 Å². The molecule has 9 nitrogen and oxygen atoms in total. The monoisotopic (exact) mass is 706 g/mol. The number of ether oxygens (including phenoxy) is 1. The van der Waals surface area contributed by atoms with Crippen molar-refractivity contribution in [2.24, 2.45) is 0 Å². The summed E-state index contributed by atoms with van der Waals surface area (Å²) in [5, 5.41) is 4.83. The zero-order chi connectivity index (χ0) is 35.6. The van der Waals surface area contributed by atoms with E-state index in [1.165, 1.54) is 5.56 Å². The third-order valence-electron chi connectivity index (χ3n) is 9.48. The molecule has 2 atom stereocenters. The van der Waals surface area contributed by atoms with Crippen LogP contribution in [0.2, 0.25) is 18.1 Å². The third-order valence-corrected chi connectivity index (χ3v) is 14.7. The number of aromatic nitrogens is 1. The molecule has 4 aromatic rings. The van der Waals surface area contributed by atoms with Crippen LogP contribution in [0.3, 0.4) is 0 Å². The summed E-state index contributed by atoms with van der Waals surface area (Å²) < 4.78 is 40.7. The van der Waals surface area contributed by atoms with Gasteiger partial charge in [-0.15, -0.1) is 0 Å². The zero-order valence-corrected chi connectivity index (χ0v) is 32.0. The van der Waals surface area contributed by atoms with Crippen molar-refractivity contribution in [3.05, 3.63) is 95.2 Å². The van der Waals surface area contributed by atoms with Gasteiger partial charge in [0.2, 0.25) is 10.0 Å². The molecule has 0 spiro atoms. The fraction of sp³-hybridized carbons (Fsp3) is 0.447. The lowest BCUT2D eigenvalue weighted by molar-refractivity contribution is 0.0773. The Bertz CT molecular complexity index is 1760. The number of fused-ring (bicyclic) bond motifs is 1. The molecule has 266 valence electrons. The lowest BCUT2D eigenvalue weighted by atomic mass is 10.0. The van der Waals surface area contributed by atoms with Crippen molar-refractivity contribution in [2.45, 2.75) is 84.8 Å². The van der Waals surface area contributed by atoms with Crippen LogP contribution < -0.4 is 14.8 Å². The first-order chi connectivity index (χ1) is 23.4. The van der Waals surface area contributed by atoms with Crippen LogP contribution in [0.5, 0.6) is 5.75 Å². The molecule has 0 saturated heterocycles. The number of benzene rings is 3. The maximum atomic E-state index is 12.9. The van der Waals surface area contributed by atoms with Gasteiger partial charge in [-0.2, -0.15) is 0 Å². The highest BCUT2D eigenvalue weighted by Crippen LogP contribution is 2.35. The summed E-state index contributed by atoms with van der Waals surface area (Å²) in [6, 6.07) is 24.5. The smallest absolute Gasteiger partial charge is 0.253 e. The molecule has 1 amide bonds. The van der Waals surface area contributed by atoms with Crippen LogP contribution in [0.25, 0.3) is 10.9 Å². The summed E-state index contributed by atoms with van der Waals surface area (Å²) in [4.78, 5) is 18.1. The summed E-state index contributed by atoms with van der Waals surface area (Å²) in [7, 11) is -5.61. The predicted octanol–water partition coefficient (Wildman–Crippen LogP) is 7.88. The molecule has 49 heavy (non-hydrogen) atoms. The Morgan fingerprint density at radius 3 is 2.27 bits per heavy atom. The highest BCUT2D eigenvalue weighted by atomic mass is 32.2. The van der Waals surface area contributed by atoms with E-state index in [4.69, 9.17) is 9.16 Å². The summed E-state index contributed by atoms with van der Waals surface area (Å²) in [6.07, 6.45) is 3.67. The maximum absolute atomic E-state index is 12.9. The Balaban J connectivity index is 1.56. The van der Waals surface area contributed by atoms with Gasteiger partial charge in [-0.05, 0) is 86.3 Å². The number of aromatic amines is 1. The quantitative estimate of drug-likeness (QED) is 0.0856. The summed E-state index contributed by atoms with van der Waals surface area (Å²) >= 11 is 0. The van der Waals surface area contributed by atoms with Crippen LogP contribution in [0.1, 0.15) is 74.7 Å². The topological polar surface area (TPSA) is 113 Å². The highest BCUT2D eigenvalue weighted by Gasteiger charge is 2.33. The minimum Gasteiger partial charge on any atom is -0.487 e. The van der Waals surface area contributed by atoms with Crippen molar-refractivity contribution in [1.29, 1.82) is 0 Å². The second-order valence-corrected chi connectivity index (χ2v) is 19.3. The van der Waals surface area contributed by atoms with Crippen LogP contribution in [-0.2, 0) is 27.5 Å². The molecule has 0 aliphatic rings. The number of anilines is 1. The number of carbonyl (C=O) groups is 1. The molecule has 4 rings (SSSR count). The molecule has 0 saturated carbocycles. The summed E-state index contributed by atoms with van der Waals surface area (Å²) in [5.74, 6) is 0.505. The van der Waals surface area contributed by atoms with Crippen molar-refractivity contribution in [3.63, 3.8) is 0 Å². The van der Waals surface area contributed by atoms with Gasteiger partial charge in [0, 0.05) is 48.3 Å². The van der Waals surface area contributed by atoms with E-state index in [9.17, 15) is 13.2 Å². The molecule has 1 aromatic heterocycles. The van der Waals surface area contributed by atoms with E-state index in [0.29, 0.717) is 43.2 Å². The van der Waals surface area contributed by atoms with Crippen LogP contribution >= 0.6 is 0 Å². The molecule has 0 aliphatic heterocycles. The minimum atomic E-state index is -3.56. The third kappa shape index (κ3) is 10.2. The molecule has 0 radical (unpaired) electrons. The predicted molar refractivity (Wildman–Crippen MR) is 203 cm³/mol. The van der Waals surface area contributed by atoms with Crippen molar-refractivity contribution in [3.8, 4) is 5.75 Å². The van der Waals surface area contributed by atoms with E-state index in [-0.39, 0.29) is 18.1 Å². The molecular weight excluding hydrogens is 653 g/mol. The van der Waals surface area contributed by atoms with E-state index < -0.39 is 18.3 Å². The number of nitrogens with one attached hydrogen (secondary N) is 3. The number of H-pyrrole nitrogens is 1. The molecule has 11 heteroatoms. The second-order valence-electron chi connectivity index (χ2n) is 12.8. The summed E-state index contributed by atoms with van der Waals surface area (Å²) in [6.45, 7) is 15.0. The number of sulfonamides is 1. The van der Waals surface area contributed by atoms with Crippen LogP contribution in [-0.4, -0.2) is 64.5 Å². The van der Waals surface area contributed by atoms with Gasteiger partial charge >= 0.3 is 0 Å². The molecular formula is C38H54N4O5SSi. The van der Waals surface area contributed by atoms with Gasteiger partial charge in [0.1, 0.15) is 12.4 Å². The maximum Gasteiger partial charge on any atom is 0.253 e. The molecule has 0 aliphatic carbocycles. The summed E-state index contributed by atoms with van der Waals surface area (Å²) in [5.41, 5.74) is 5.09. The van der Waals surface area contributed by atoms with E-state index in [2.05, 4.69) is 42.7 Å². The molecule has 3 aromatic carbocycles. The average molecular weight is 707 g/mol. The Morgan fingerprint density at radius 2 is 1.63 bits per heavy atom. The second kappa shape index (κ2) is 17.3. The Labute approximate surface area is 294 Å². The first-order valence-corrected chi connectivity index (χ1v) is 22.0. The standard InChI is InChI=1S/C38H54N4O5SSi/c1-8-42(9-2)38(43)31-18-20-33-32(25-40-34(33)24-31)22-28(6)39-26-37(47-49(10-3,11-4)12-5)30-19-21-36(35(23-30)41-48(7,44)45)46-27-29-16-14-13-15-17-29/h13-21,23-25,28,37,39-41H,8-12,22,26-27H2,1-7H3/t28-,37+/m1/s1. The van der Waals surface area contributed by atoms with Gasteiger partial charge in [0.05, 0.1) is 18.0 Å². The van der Waals surface area contributed by atoms with Crippen LogP contribution in [0, 0.1) is 0 Å². The number of hydrogen-bond acceptors (Lipinski definition) is 6. The lowest BCUT2D eigenvalue weighted by Crippen LogP contribution is -2.41. The normalized spacial score (nSPS) is 13.3. The Hall–Kier alpha value is -3.64.